The average Bonchev–Trinajstić information content (AvgIpc) is 2.40. The van der Waals surface area contributed by atoms with E-state index in [0.29, 0.717) is 6.61 Å². The number of unbranched alkanes of at least 4 members (excludes halogenated alkanes) is 1. The van der Waals surface area contributed by atoms with Gasteiger partial charge in [-0.2, -0.15) is 0 Å². The number of hydrogen-bond acceptors (Lipinski definition) is 4. The molecule has 1 saturated heterocycles. The Labute approximate surface area is 112 Å². The van der Waals surface area contributed by atoms with Crippen LogP contribution in [0.1, 0.15) is 32.6 Å². The minimum absolute atomic E-state index is 0.706. The van der Waals surface area contributed by atoms with Crippen molar-refractivity contribution in [2.45, 2.75) is 38.6 Å². The average molecular weight is 258 g/mol. The van der Waals surface area contributed by atoms with Crippen molar-refractivity contribution in [2.24, 2.45) is 0 Å². The molecule has 108 valence electrons. The molecule has 1 heterocycles. The predicted octanol–water partition coefficient (Wildman–Crippen LogP) is 1.50. The predicted molar refractivity (Wildman–Crippen MR) is 75.1 cm³/mol. The van der Waals surface area contributed by atoms with Gasteiger partial charge >= 0.3 is 0 Å². The third-order valence-corrected chi connectivity index (χ3v) is 3.53. The van der Waals surface area contributed by atoms with E-state index in [-0.39, 0.29) is 0 Å². The Bertz CT molecular complexity index is 183. The molecule has 1 N–H and O–H groups in total. The number of nitrogens with one attached hydrogen (secondary N) is 1. The van der Waals surface area contributed by atoms with Gasteiger partial charge in [0.15, 0.2) is 0 Å². The van der Waals surface area contributed by atoms with Crippen LogP contribution in [0.2, 0.25) is 0 Å². The maximum absolute atomic E-state index is 5.46. The summed E-state index contributed by atoms with van der Waals surface area (Å²) in [6.45, 7) is 9.33. The summed E-state index contributed by atoms with van der Waals surface area (Å²) in [6, 6.07) is 0.753. The molecule has 0 bridgehead atoms. The Hall–Kier alpha value is -0.160. The Morgan fingerprint density at radius 1 is 1.11 bits per heavy atom. The van der Waals surface area contributed by atoms with E-state index in [1.165, 1.54) is 38.9 Å². The van der Waals surface area contributed by atoms with Gasteiger partial charge in [0.1, 0.15) is 0 Å². The number of nitrogens with zero attached hydrogens (tertiary/aromatic N) is 1. The topological polar surface area (TPSA) is 33.7 Å². The van der Waals surface area contributed by atoms with Crippen LogP contribution in [0, 0.1) is 0 Å². The number of piperidine rings is 1. The smallest absolute Gasteiger partial charge is 0.0700 e. The van der Waals surface area contributed by atoms with Gasteiger partial charge in [-0.05, 0) is 51.9 Å². The fourth-order valence-electron chi connectivity index (χ4n) is 2.43. The zero-order valence-corrected chi connectivity index (χ0v) is 12.1. The van der Waals surface area contributed by atoms with Gasteiger partial charge in [0.2, 0.25) is 0 Å². The molecule has 0 aromatic rings. The van der Waals surface area contributed by atoms with Crippen LogP contribution in [0.25, 0.3) is 0 Å². The lowest BCUT2D eigenvalue weighted by Crippen LogP contribution is -2.42. The Kier molecular flexibility index (Phi) is 9.48. The molecular formula is C14H30N2O2. The molecule has 1 fully saturated rings. The lowest BCUT2D eigenvalue weighted by molar-refractivity contribution is 0.0671. The molecule has 0 atom stereocenters. The van der Waals surface area contributed by atoms with Crippen molar-refractivity contribution < 1.29 is 9.47 Å². The van der Waals surface area contributed by atoms with Crippen LogP contribution in [-0.4, -0.2) is 64.1 Å². The fourth-order valence-corrected chi connectivity index (χ4v) is 2.43. The van der Waals surface area contributed by atoms with E-state index >= 15 is 0 Å². The lowest BCUT2D eigenvalue weighted by atomic mass is 10.0. The SMILES string of the molecule is CCNC1CCN(CCCCOCCOC)CC1. The summed E-state index contributed by atoms with van der Waals surface area (Å²) in [4.78, 5) is 2.59. The second-order valence-corrected chi connectivity index (χ2v) is 4.99. The number of likely N-dealkylation sites (tertiary alicyclic amines) is 1. The quantitative estimate of drug-likeness (QED) is 0.602. The highest BCUT2D eigenvalue weighted by molar-refractivity contribution is 4.76. The molecule has 0 aromatic carbocycles. The van der Waals surface area contributed by atoms with Crippen molar-refractivity contribution in [3.63, 3.8) is 0 Å². The van der Waals surface area contributed by atoms with Crippen molar-refractivity contribution in [3.8, 4) is 0 Å². The third-order valence-electron chi connectivity index (χ3n) is 3.53. The summed E-state index contributed by atoms with van der Waals surface area (Å²) in [7, 11) is 1.71. The monoisotopic (exact) mass is 258 g/mol. The van der Waals surface area contributed by atoms with E-state index in [1.54, 1.807) is 7.11 Å². The highest BCUT2D eigenvalue weighted by Crippen LogP contribution is 2.10. The summed E-state index contributed by atoms with van der Waals surface area (Å²) in [5.41, 5.74) is 0. The maximum atomic E-state index is 5.46. The molecule has 0 saturated carbocycles. The van der Waals surface area contributed by atoms with Gasteiger partial charge in [-0.1, -0.05) is 6.92 Å². The lowest BCUT2D eigenvalue weighted by Gasteiger charge is -2.32. The highest BCUT2D eigenvalue weighted by atomic mass is 16.5. The minimum Gasteiger partial charge on any atom is -0.382 e. The second kappa shape index (κ2) is 10.7. The minimum atomic E-state index is 0.706. The van der Waals surface area contributed by atoms with Crippen LogP contribution in [0.4, 0.5) is 0 Å². The van der Waals surface area contributed by atoms with Gasteiger partial charge in [0.05, 0.1) is 13.2 Å². The standard InChI is InChI=1S/C14H30N2O2/c1-3-15-14-6-9-16(10-7-14)8-4-5-11-18-13-12-17-2/h14-15H,3-13H2,1-2H3. The van der Waals surface area contributed by atoms with Gasteiger partial charge in [-0.3, -0.25) is 0 Å². The van der Waals surface area contributed by atoms with Crippen LogP contribution in [0.5, 0.6) is 0 Å². The maximum Gasteiger partial charge on any atom is 0.0700 e. The molecule has 1 aliphatic rings. The Balaban J connectivity index is 1.88. The molecule has 0 radical (unpaired) electrons. The first-order valence-electron chi connectivity index (χ1n) is 7.39. The van der Waals surface area contributed by atoms with Crippen molar-refractivity contribution in [1.82, 2.24) is 10.2 Å². The van der Waals surface area contributed by atoms with Crippen LogP contribution in [0.15, 0.2) is 0 Å². The molecule has 0 unspecified atom stereocenters. The molecule has 18 heavy (non-hydrogen) atoms. The van der Waals surface area contributed by atoms with Crippen molar-refractivity contribution in [2.75, 3.05) is 53.1 Å². The van der Waals surface area contributed by atoms with Gasteiger partial charge in [0, 0.05) is 19.8 Å². The van der Waals surface area contributed by atoms with Crippen LogP contribution in [-0.2, 0) is 9.47 Å². The van der Waals surface area contributed by atoms with Crippen LogP contribution in [0.3, 0.4) is 0 Å². The Morgan fingerprint density at radius 2 is 1.89 bits per heavy atom. The van der Waals surface area contributed by atoms with Crippen LogP contribution < -0.4 is 5.32 Å². The highest BCUT2D eigenvalue weighted by Gasteiger charge is 2.17. The molecule has 4 heteroatoms. The molecule has 1 rings (SSSR count). The zero-order chi connectivity index (χ0) is 13.1. The zero-order valence-electron chi connectivity index (χ0n) is 12.1. The first kappa shape index (κ1) is 15.9. The number of rotatable bonds is 10. The van der Waals surface area contributed by atoms with Crippen LogP contribution >= 0.6 is 0 Å². The largest absolute Gasteiger partial charge is 0.382 e. The van der Waals surface area contributed by atoms with Gasteiger partial charge in [-0.15, -0.1) is 0 Å². The van der Waals surface area contributed by atoms with Crippen molar-refractivity contribution in [1.29, 1.82) is 0 Å². The number of ether oxygens (including phenoxy) is 2. The number of hydrogen-bond donors (Lipinski definition) is 1. The molecule has 0 aliphatic carbocycles. The van der Waals surface area contributed by atoms with E-state index < -0.39 is 0 Å². The molecule has 0 spiro atoms. The first-order valence-corrected chi connectivity index (χ1v) is 7.39. The van der Waals surface area contributed by atoms with E-state index in [0.717, 1.165) is 32.2 Å². The Morgan fingerprint density at radius 3 is 2.56 bits per heavy atom. The van der Waals surface area contributed by atoms with E-state index in [9.17, 15) is 0 Å². The van der Waals surface area contributed by atoms with Gasteiger partial charge in [0.25, 0.3) is 0 Å². The van der Waals surface area contributed by atoms with Crippen molar-refractivity contribution >= 4 is 0 Å². The molecule has 1 aliphatic heterocycles. The van der Waals surface area contributed by atoms with Gasteiger partial charge < -0.3 is 19.7 Å². The molecule has 0 aromatic heterocycles. The first-order chi connectivity index (χ1) is 8.86. The van der Waals surface area contributed by atoms with E-state index in [4.69, 9.17) is 9.47 Å². The second-order valence-electron chi connectivity index (χ2n) is 4.99. The molecular weight excluding hydrogens is 228 g/mol. The summed E-state index contributed by atoms with van der Waals surface area (Å²) in [5.74, 6) is 0. The summed E-state index contributed by atoms with van der Waals surface area (Å²) >= 11 is 0. The fraction of sp³-hybridized carbons (Fsp3) is 1.00. The summed E-state index contributed by atoms with van der Waals surface area (Å²) in [6.07, 6.45) is 5.02. The molecule has 4 nitrogen and oxygen atoms in total. The normalized spacial score (nSPS) is 18.3. The summed E-state index contributed by atoms with van der Waals surface area (Å²) < 4.78 is 10.4. The summed E-state index contributed by atoms with van der Waals surface area (Å²) in [5, 5.41) is 3.54. The van der Waals surface area contributed by atoms with E-state index in [2.05, 4.69) is 17.1 Å². The van der Waals surface area contributed by atoms with Crippen molar-refractivity contribution in [3.05, 3.63) is 0 Å². The number of methoxy groups -OCH3 is 1. The van der Waals surface area contributed by atoms with E-state index in [1.807, 2.05) is 0 Å². The molecule has 0 amide bonds. The third kappa shape index (κ3) is 7.31. The van der Waals surface area contributed by atoms with Gasteiger partial charge in [-0.25, -0.2) is 0 Å².